The van der Waals surface area contributed by atoms with E-state index in [-0.39, 0.29) is 30.6 Å². The number of primary amides is 1. The molecule has 0 unspecified atom stereocenters. The van der Waals surface area contributed by atoms with Gasteiger partial charge in [0.1, 0.15) is 0 Å². The van der Waals surface area contributed by atoms with Gasteiger partial charge in [-0.05, 0) is 12.1 Å². The fourth-order valence-electron chi connectivity index (χ4n) is 2.49. The molecular formula is C19H19N3O6. The number of carbonyl (C=O) groups is 3. The molecule has 0 aliphatic carbocycles. The number of esters is 1. The van der Waals surface area contributed by atoms with Gasteiger partial charge in [0.25, 0.3) is 11.6 Å². The molecule has 0 saturated heterocycles. The maximum Gasteiger partial charge on any atom is 0.311 e. The number of nitro benzene ring substituents is 1. The van der Waals surface area contributed by atoms with Gasteiger partial charge in [-0.1, -0.05) is 36.4 Å². The molecule has 9 heteroatoms. The van der Waals surface area contributed by atoms with Crippen molar-refractivity contribution in [2.24, 2.45) is 5.73 Å². The van der Waals surface area contributed by atoms with Crippen LogP contribution in [-0.4, -0.2) is 35.9 Å². The van der Waals surface area contributed by atoms with Crippen LogP contribution in [0.3, 0.4) is 0 Å². The second-order valence-electron chi connectivity index (χ2n) is 5.82. The molecule has 0 fully saturated rings. The molecular weight excluding hydrogens is 366 g/mol. The van der Waals surface area contributed by atoms with E-state index in [1.54, 1.807) is 36.4 Å². The summed E-state index contributed by atoms with van der Waals surface area (Å²) >= 11 is 0. The highest BCUT2D eigenvalue weighted by Gasteiger charge is 2.20. The zero-order valence-electron chi connectivity index (χ0n) is 14.9. The predicted octanol–water partition coefficient (Wildman–Crippen LogP) is 1.59. The normalized spacial score (nSPS) is 10.1. The SMILES string of the molecule is NC(=O)CCN(C(=O)COC(=O)Cc1ccccc1[N+](=O)[O-])c1ccccc1. The lowest BCUT2D eigenvalue weighted by Crippen LogP contribution is -2.37. The molecule has 2 rings (SSSR count). The van der Waals surface area contributed by atoms with E-state index < -0.39 is 29.3 Å². The minimum Gasteiger partial charge on any atom is -0.455 e. The monoisotopic (exact) mass is 385 g/mol. The summed E-state index contributed by atoms with van der Waals surface area (Å²) in [4.78, 5) is 47.3. The van der Waals surface area contributed by atoms with Gasteiger partial charge in [-0.25, -0.2) is 0 Å². The van der Waals surface area contributed by atoms with E-state index in [9.17, 15) is 24.5 Å². The first-order valence-electron chi connectivity index (χ1n) is 8.40. The third-order valence-electron chi connectivity index (χ3n) is 3.83. The Morgan fingerprint density at radius 2 is 1.68 bits per heavy atom. The lowest BCUT2D eigenvalue weighted by Gasteiger charge is -2.22. The molecule has 2 aromatic carbocycles. The predicted molar refractivity (Wildman–Crippen MR) is 100 cm³/mol. The van der Waals surface area contributed by atoms with Crippen molar-refractivity contribution in [1.29, 1.82) is 0 Å². The highest BCUT2D eigenvalue weighted by Crippen LogP contribution is 2.19. The maximum atomic E-state index is 12.5. The average Bonchev–Trinajstić information content (AvgIpc) is 2.67. The summed E-state index contributed by atoms with van der Waals surface area (Å²) in [7, 11) is 0. The molecule has 2 N–H and O–H groups in total. The van der Waals surface area contributed by atoms with Crippen molar-refractivity contribution in [3.63, 3.8) is 0 Å². The van der Waals surface area contributed by atoms with Crippen molar-refractivity contribution in [2.75, 3.05) is 18.1 Å². The van der Waals surface area contributed by atoms with Gasteiger partial charge in [-0.15, -0.1) is 0 Å². The Morgan fingerprint density at radius 3 is 2.32 bits per heavy atom. The molecule has 9 nitrogen and oxygen atoms in total. The fraction of sp³-hybridized carbons (Fsp3) is 0.211. The van der Waals surface area contributed by atoms with E-state index in [1.807, 2.05) is 0 Å². The molecule has 28 heavy (non-hydrogen) atoms. The Balaban J connectivity index is 2.01. The molecule has 0 saturated carbocycles. The Bertz CT molecular complexity index is 869. The number of nitrogens with zero attached hydrogens (tertiary/aromatic N) is 2. The van der Waals surface area contributed by atoms with Gasteiger partial charge in [0.05, 0.1) is 11.3 Å². The summed E-state index contributed by atoms with van der Waals surface area (Å²) in [6.45, 7) is -0.521. The van der Waals surface area contributed by atoms with Gasteiger partial charge < -0.3 is 15.4 Å². The van der Waals surface area contributed by atoms with Gasteiger partial charge in [0.15, 0.2) is 6.61 Å². The molecule has 0 aliphatic rings. The van der Waals surface area contributed by atoms with Crippen molar-refractivity contribution in [3.05, 3.63) is 70.3 Å². The highest BCUT2D eigenvalue weighted by molar-refractivity contribution is 5.95. The summed E-state index contributed by atoms with van der Waals surface area (Å²) in [5.74, 6) is -1.88. The second-order valence-corrected chi connectivity index (χ2v) is 5.82. The minimum absolute atomic E-state index is 0.0416. The fourth-order valence-corrected chi connectivity index (χ4v) is 2.49. The quantitative estimate of drug-likeness (QED) is 0.396. The molecule has 0 heterocycles. The largest absolute Gasteiger partial charge is 0.455 e. The molecule has 0 aromatic heterocycles. The minimum atomic E-state index is -0.773. The number of benzene rings is 2. The van der Waals surface area contributed by atoms with E-state index in [2.05, 4.69) is 0 Å². The third-order valence-corrected chi connectivity index (χ3v) is 3.83. The Hall–Kier alpha value is -3.75. The molecule has 0 spiro atoms. The summed E-state index contributed by atoms with van der Waals surface area (Å²) in [6, 6.07) is 14.4. The number of para-hydroxylation sites is 2. The Labute approximate surface area is 160 Å². The topological polar surface area (TPSA) is 133 Å². The number of rotatable bonds is 9. The van der Waals surface area contributed by atoms with Crippen molar-refractivity contribution >= 4 is 29.2 Å². The smallest absolute Gasteiger partial charge is 0.311 e. The van der Waals surface area contributed by atoms with E-state index in [4.69, 9.17) is 10.5 Å². The number of ether oxygens (including phenoxy) is 1. The number of amides is 2. The highest BCUT2D eigenvalue weighted by atomic mass is 16.6. The number of hydrogen-bond donors (Lipinski definition) is 1. The first-order chi connectivity index (χ1) is 13.4. The summed E-state index contributed by atoms with van der Waals surface area (Å²) in [6.07, 6.45) is -0.387. The van der Waals surface area contributed by atoms with Crippen LogP contribution in [0.15, 0.2) is 54.6 Å². The van der Waals surface area contributed by atoms with Gasteiger partial charge >= 0.3 is 5.97 Å². The van der Waals surface area contributed by atoms with Crippen LogP contribution in [0, 0.1) is 10.1 Å². The standard InChI is InChI=1S/C19H19N3O6/c20-17(23)10-11-21(15-7-2-1-3-8-15)18(24)13-28-19(25)12-14-6-4-5-9-16(14)22(26)27/h1-9H,10-13H2,(H2,20,23). The van der Waals surface area contributed by atoms with Crippen LogP contribution in [0.5, 0.6) is 0 Å². The maximum absolute atomic E-state index is 12.5. The number of nitro groups is 1. The van der Waals surface area contributed by atoms with Gasteiger partial charge in [-0.3, -0.25) is 24.5 Å². The van der Waals surface area contributed by atoms with E-state index in [0.717, 1.165) is 0 Å². The van der Waals surface area contributed by atoms with Crippen LogP contribution in [0.2, 0.25) is 0 Å². The second kappa shape index (κ2) is 9.81. The van der Waals surface area contributed by atoms with Crippen molar-refractivity contribution in [2.45, 2.75) is 12.8 Å². The molecule has 146 valence electrons. The summed E-state index contributed by atoms with van der Waals surface area (Å²) in [5.41, 5.74) is 5.68. The van der Waals surface area contributed by atoms with Crippen LogP contribution in [0.4, 0.5) is 11.4 Å². The molecule has 0 radical (unpaired) electrons. The number of nitrogens with two attached hydrogens (primary N) is 1. The Kier molecular flexibility index (Phi) is 7.21. The molecule has 2 amide bonds. The number of hydrogen-bond acceptors (Lipinski definition) is 6. The van der Waals surface area contributed by atoms with E-state index in [0.29, 0.717) is 5.69 Å². The van der Waals surface area contributed by atoms with E-state index in [1.165, 1.54) is 23.1 Å². The number of anilines is 1. The third kappa shape index (κ3) is 5.90. The van der Waals surface area contributed by atoms with Crippen LogP contribution in [0.1, 0.15) is 12.0 Å². The summed E-state index contributed by atoms with van der Waals surface area (Å²) in [5, 5.41) is 11.0. The molecule has 2 aromatic rings. The van der Waals surface area contributed by atoms with Crippen LogP contribution in [-0.2, 0) is 25.5 Å². The van der Waals surface area contributed by atoms with Crippen molar-refractivity contribution in [1.82, 2.24) is 0 Å². The van der Waals surface area contributed by atoms with E-state index >= 15 is 0 Å². The van der Waals surface area contributed by atoms with Crippen LogP contribution < -0.4 is 10.6 Å². The molecule has 0 atom stereocenters. The average molecular weight is 385 g/mol. The Morgan fingerprint density at radius 1 is 1.04 bits per heavy atom. The molecule has 0 bridgehead atoms. The van der Waals surface area contributed by atoms with Gasteiger partial charge in [0, 0.05) is 30.3 Å². The first kappa shape index (κ1) is 20.6. The lowest BCUT2D eigenvalue weighted by atomic mass is 10.1. The zero-order chi connectivity index (χ0) is 20.5. The van der Waals surface area contributed by atoms with Crippen molar-refractivity contribution in [3.8, 4) is 0 Å². The molecule has 0 aliphatic heterocycles. The van der Waals surface area contributed by atoms with Gasteiger partial charge in [0.2, 0.25) is 5.91 Å². The zero-order valence-corrected chi connectivity index (χ0v) is 14.9. The first-order valence-corrected chi connectivity index (χ1v) is 8.40. The summed E-state index contributed by atoms with van der Waals surface area (Å²) < 4.78 is 4.98. The van der Waals surface area contributed by atoms with Crippen LogP contribution >= 0.6 is 0 Å². The van der Waals surface area contributed by atoms with Crippen molar-refractivity contribution < 1.29 is 24.0 Å². The van der Waals surface area contributed by atoms with Crippen LogP contribution in [0.25, 0.3) is 0 Å². The number of carbonyl (C=O) groups excluding carboxylic acids is 3. The van der Waals surface area contributed by atoms with Gasteiger partial charge in [-0.2, -0.15) is 0 Å². The lowest BCUT2D eigenvalue weighted by molar-refractivity contribution is -0.385.